The first-order chi connectivity index (χ1) is 10.1. The van der Waals surface area contributed by atoms with Gasteiger partial charge in [0, 0.05) is 28.9 Å². The van der Waals surface area contributed by atoms with Crippen molar-refractivity contribution in [1.29, 1.82) is 0 Å². The number of aromatic amines is 1. The lowest BCUT2D eigenvalue weighted by atomic mass is 10.1. The second-order valence-electron chi connectivity index (χ2n) is 5.12. The summed E-state index contributed by atoms with van der Waals surface area (Å²) in [5.41, 5.74) is 5.46. The number of hydrogen-bond acceptors (Lipinski definition) is 2. The van der Waals surface area contributed by atoms with Gasteiger partial charge < -0.3 is 4.90 Å². The van der Waals surface area contributed by atoms with Gasteiger partial charge in [0.25, 0.3) is 0 Å². The van der Waals surface area contributed by atoms with E-state index in [1.807, 2.05) is 14.1 Å². The van der Waals surface area contributed by atoms with Crippen LogP contribution in [0.4, 0.5) is 5.69 Å². The van der Waals surface area contributed by atoms with Crippen LogP contribution in [0.1, 0.15) is 0 Å². The standard InChI is InChI=1S/C17H16IN3/c1-21(2)15-9-5-13(6-10-15)17-11-16(19-20-17)12-3-7-14(18)8-4-12/h3-11H,1-2H3,(H,19,20). The minimum Gasteiger partial charge on any atom is -0.378 e. The van der Waals surface area contributed by atoms with E-state index in [-0.39, 0.29) is 0 Å². The predicted molar refractivity (Wildman–Crippen MR) is 96.5 cm³/mol. The normalized spacial score (nSPS) is 10.6. The number of nitrogens with zero attached hydrogens (tertiary/aromatic N) is 2. The van der Waals surface area contributed by atoms with Crippen molar-refractivity contribution in [1.82, 2.24) is 10.2 Å². The molecular formula is C17H16IN3. The quantitative estimate of drug-likeness (QED) is 0.673. The molecule has 0 atom stereocenters. The van der Waals surface area contributed by atoms with E-state index in [1.165, 1.54) is 9.26 Å². The summed E-state index contributed by atoms with van der Waals surface area (Å²) in [5.74, 6) is 0. The SMILES string of the molecule is CN(C)c1ccc(-c2cc(-c3ccc(I)cc3)[nH]n2)cc1. The highest BCUT2D eigenvalue weighted by molar-refractivity contribution is 14.1. The monoisotopic (exact) mass is 389 g/mol. The van der Waals surface area contributed by atoms with Crippen LogP contribution in [0.2, 0.25) is 0 Å². The fourth-order valence-electron chi connectivity index (χ4n) is 2.18. The lowest BCUT2D eigenvalue weighted by Crippen LogP contribution is -2.07. The summed E-state index contributed by atoms with van der Waals surface area (Å²) in [6, 6.07) is 18.9. The smallest absolute Gasteiger partial charge is 0.0927 e. The summed E-state index contributed by atoms with van der Waals surface area (Å²) in [6.07, 6.45) is 0. The van der Waals surface area contributed by atoms with Gasteiger partial charge in [-0.1, -0.05) is 24.3 Å². The number of anilines is 1. The molecular weight excluding hydrogens is 373 g/mol. The Morgan fingerprint density at radius 1 is 0.905 bits per heavy atom. The molecule has 0 bridgehead atoms. The summed E-state index contributed by atoms with van der Waals surface area (Å²) in [5, 5.41) is 7.53. The summed E-state index contributed by atoms with van der Waals surface area (Å²) in [6.45, 7) is 0. The van der Waals surface area contributed by atoms with Crippen molar-refractivity contribution in [3.05, 3.63) is 58.2 Å². The number of nitrogens with one attached hydrogen (secondary N) is 1. The summed E-state index contributed by atoms with van der Waals surface area (Å²) in [7, 11) is 4.08. The zero-order valence-electron chi connectivity index (χ0n) is 12.0. The van der Waals surface area contributed by atoms with Crippen molar-refractivity contribution < 1.29 is 0 Å². The van der Waals surface area contributed by atoms with E-state index in [4.69, 9.17) is 0 Å². The van der Waals surface area contributed by atoms with Crippen LogP contribution >= 0.6 is 22.6 Å². The number of rotatable bonds is 3. The van der Waals surface area contributed by atoms with E-state index in [2.05, 4.69) is 92.3 Å². The van der Waals surface area contributed by atoms with Crippen molar-refractivity contribution in [2.45, 2.75) is 0 Å². The Hall–Kier alpha value is -1.82. The van der Waals surface area contributed by atoms with Crippen LogP contribution in [0, 0.1) is 3.57 Å². The van der Waals surface area contributed by atoms with Crippen LogP contribution < -0.4 is 4.90 Å². The van der Waals surface area contributed by atoms with Crippen molar-refractivity contribution in [2.75, 3.05) is 19.0 Å². The van der Waals surface area contributed by atoms with Crippen LogP contribution in [0.15, 0.2) is 54.6 Å². The molecule has 3 aromatic rings. The Kier molecular flexibility index (Phi) is 3.96. The number of hydrogen-bond donors (Lipinski definition) is 1. The number of benzene rings is 2. The van der Waals surface area contributed by atoms with E-state index >= 15 is 0 Å². The average Bonchev–Trinajstić information content (AvgIpc) is 2.98. The highest BCUT2D eigenvalue weighted by Gasteiger charge is 2.06. The highest BCUT2D eigenvalue weighted by atomic mass is 127. The molecule has 0 fully saturated rings. The molecule has 1 aromatic heterocycles. The fraction of sp³-hybridized carbons (Fsp3) is 0.118. The first-order valence-corrected chi connectivity index (χ1v) is 7.80. The van der Waals surface area contributed by atoms with Crippen molar-refractivity contribution >= 4 is 28.3 Å². The van der Waals surface area contributed by atoms with E-state index in [1.54, 1.807) is 0 Å². The third-order valence-electron chi connectivity index (χ3n) is 3.41. The van der Waals surface area contributed by atoms with E-state index in [9.17, 15) is 0 Å². The van der Waals surface area contributed by atoms with Gasteiger partial charge in [-0.2, -0.15) is 5.10 Å². The van der Waals surface area contributed by atoms with E-state index < -0.39 is 0 Å². The predicted octanol–water partition coefficient (Wildman–Crippen LogP) is 4.41. The Balaban J connectivity index is 1.89. The molecule has 0 saturated carbocycles. The molecule has 0 saturated heterocycles. The maximum atomic E-state index is 4.42. The molecule has 0 aliphatic carbocycles. The molecule has 0 aliphatic rings. The van der Waals surface area contributed by atoms with Gasteiger partial charge in [-0.25, -0.2) is 0 Å². The molecule has 0 aliphatic heterocycles. The van der Waals surface area contributed by atoms with Gasteiger partial charge in [0.05, 0.1) is 11.4 Å². The number of H-pyrrole nitrogens is 1. The molecule has 2 aromatic carbocycles. The maximum Gasteiger partial charge on any atom is 0.0927 e. The summed E-state index contributed by atoms with van der Waals surface area (Å²) in [4.78, 5) is 2.09. The summed E-state index contributed by atoms with van der Waals surface area (Å²) < 4.78 is 1.23. The Labute approximate surface area is 138 Å². The van der Waals surface area contributed by atoms with Crippen molar-refractivity contribution in [3.8, 4) is 22.5 Å². The van der Waals surface area contributed by atoms with Gasteiger partial charge in [0.1, 0.15) is 0 Å². The van der Waals surface area contributed by atoms with Crippen LogP contribution in [0.3, 0.4) is 0 Å². The molecule has 0 amide bonds. The summed E-state index contributed by atoms with van der Waals surface area (Å²) >= 11 is 2.31. The van der Waals surface area contributed by atoms with Gasteiger partial charge in [0.2, 0.25) is 0 Å². The minimum atomic E-state index is 0.967. The molecule has 3 rings (SSSR count). The zero-order chi connectivity index (χ0) is 14.8. The van der Waals surface area contributed by atoms with E-state index in [0.29, 0.717) is 0 Å². The largest absolute Gasteiger partial charge is 0.378 e. The van der Waals surface area contributed by atoms with Gasteiger partial charge in [0.15, 0.2) is 0 Å². The van der Waals surface area contributed by atoms with Gasteiger partial charge in [-0.05, 0) is 58.5 Å². The lowest BCUT2D eigenvalue weighted by molar-refractivity contribution is 1.10. The number of aromatic nitrogens is 2. The lowest BCUT2D eigenvalue weighted by Gasteiger charge is -2.11. The molecule has 0 unspecified atom stereocenters. The third kappa shape index (κ3) is 3.10. The zero-order valence-corrected chi connectivity index (χ0v) is 14.1. The molecule has 21 heavy (non-hydrogen) atoms. The minimum absolute atomic E-state index is 0.967. The molecule has 4 heteroatoms. The van der Waals surface area contributed by atoms with Crippen LogP contribution in [0.25, 0.3) is 22.5 Å². The Bertz CT molecular complexity index is 727. The van der Waals surface area contributed by atoms with Crippen molar-refractivity contribution in [3.63, 3.8) is 0 Å². The molecule has 3 nitrogen and oxygen atoms in total. The van der Waals surface area contributed by atoms with Gasteiger partial charge >= 0.3 is 0 Å². The molecule has 1 N–H and O–H groups in total. The second-order valence-corrected chi connectivity index (χ2v) is 6.36. The average molecular weight is 389 g/mol. The topological polar surface area (TPSA) is 31.9 Å². The molecule has 0 radical (unpaired) electrons. The first kappa shape index (κ1) is 14.1. The van der Waals surface area contributed by atoms with Gasteiger partial charge in [-0.3, -0.25) is 5.10 Å². The molecule has 106 valence electrons. The molecule has 1 heterocycles. The van der Waals surface area contributed by atoms with Gasteiger partial charge in [-0.15, -0.1) is 0 Å². The highest BCUT2D eigenvalue weighted by Crippen LogP contribution is 2.25. The first-order valence-electron chi connectivity index (χ1n) is 6.72. The second kappa shape index (κ2) is 5.89. The Morgan fingerprint density at radius 3 is 2.14 bits per heavy atom. The van der Waals surface area contributed by atoms with Crippen LogP contribution in [-0.4, -0.2) is 24.3 Å². The fourth-order valence-corrected chi connectivity index (χ4v) is 2.54. The number of halogens is 1. The third-order valence-corrected chi connectivity index (χ3v) is 4.13. The molecule has 0 spiro atoms. The van der Waals surface area contributed by atoms with E-state index in [0.717, 1.165) is 22.5 Å². The van der Waals surface area contributed by atoms with Crippen molar-refractivity contribution in [2.24, 2.45) is 0 Å². The van der Waals surface area contributed by atoms with Crippen LogP contribution in [-0.2, 0) is 0 Å². The Morgan fingerprint density at radius 2 is 1.52 bits per heavy atom. The maximum absolute atomic E-state index is 4.42. The van der Waals surface area contributed by atoms with Crippen LogP contribution in [0.5, 0.6) is 0 Å².